The minimum absolute atomic E-state index is 0.125. The van der Waals surface area contributed by atoms with Crippen LogP contribution in [-0.2, 0) is 6.54 Å². The average Bonchev–Trinajstić information content (AvgIpc) is 2.53. The maximum atomic E-state index is 12.5. The SMILES string of the molecule is CCC1CCC(N(C)C(=O)c2cccc(CN)c2)CC1. The van der Waals surface area contributed by atoms with Crippen molar-refractivity contribution in [3.05, 3.63) is 35.4 Å². The van der Waals surface area contributed by atoms with E-state index >= 15 is 0 Å². The van der Waals surface area contributed by atoms with Crippen molar-refractivity contribution in [1.82, 2.24) is 4.90 Å². The molecule has 0 radical (unpaired) electrons. The molecule has 1 fully saturated rings. The van der Waals surface area contributed by atoms with Gasteiger partial charge in [-0.05, 0) is 49.3 Å². The van der Waals surface area contributed by atoms with Crippen molar-refractivity contribution in [2.45, 2.75) is 51.6 Å². The highest BCUT2D eigenvalue weighted by Crippen LogP contribution is 2.29. The molecule has 2 N–H and O–H groups in total. The molecule has 1 saturated carbocycles. The van der Waals surface area contributed by atoms with Gasteiger partial charge in [0.05, 0.1) is 0 Å². The van der Waals surface area contributed by atoms with Crippen molar-refractivity contribution >= 4 is 5.91 Å². The normalized spacial score (nSPS) is 22.6. The van der Waals surface area contributed by atoms with Crippen molar-refractivity contribution in [2.24, 2.45) is 11.7 Å². The molecule has 110 valence electrons. The van der Waals surface area contributed by atoms with Gasteiger partial charge < -0.3 is 10.6 Å². The molecule has 0 unspecified atom stereocenters. The molecule has 3 nitrogen and oxygen atoms in total. The number of nitrogens with zero attached hydrogens (tertiary/aromatic N) is 1. The predicted octanol–water partition coefficient (Wildman–Crippen LogP) is 3.19. The summed E-state index contributed by atoms with van der Waals surface area (Å²) < 4.78 is 0. The third-order valence-corrected chi connectivity index (χ3v) is 4.67. The first-order valence-corrected chi connectivity index (χ1v) is 7.71. The Hall–Kier alpha value is -1.35. The summed E-state index contributed by atoms with van der Waals surface area (Å²) in [5.41, 5.74) is 7.41. The van der Waals surface area contributed by atoms with Gasteiger partial charge in [-0.2, -0.15) is 0 Å². The van der Waals surface area contributed by atoms with Crippen LogP contribution in [0.4, 0.5) is 0 Å². The van der Waals surface area contributed by atoms with Gasteiger partial charge >= 0.3 is 0 Å². The van der Waals surface area contributed by atoms with Gasteiger partial charge in [-0.3, -0.25) is 4.79 Å². The Kier molecular flexibility index (Phi) is 5.18. The molecule has 1 aromatic carbocycles. The van der Waals surface area contributed by atoms with Crippen molar-refractivity contribution < 1.29 is 4.79 Å². The van der Waals surface area contributed by atoms with Gasteiger partial charge in [0.15, 0.2) is 0 Å². The quantitative estimate of drug-likeness (QED) is 0.916. The fourth-order valence-electron chi connectivity index (χ4n) is 3.14. The van der Waals surface area contributed by atoms with E-state index in [1.807, 2.05) is 36.2 Å². The number of hydrogen-bond donors (Lipinski definition) is 1. The molecule has 0 aromatic heterocycles. The maximum Gasteiger partial charge on any atom is 0.253 e. The predicted molar refractivity (Wildman–Crippen MR) is 82.5 cm³/mol. The van der Waals surface area contributed by atoms with Gasteiger partial charge in [-0.25, -0.2) is 0 Å². The summed E-state index contributed by atoms with van der Waals surface area (Å²) in [6.45, 7) is 2.74. The minimum Gasteiger partial charge on any atom is -0.339 e. The van der Waals surface area contributed by atoms with Gasteiger partial charge in [0, 0.05) is 25.2 Å². The topological polar surface area (TPSA) is 46.3 Å². The van der Waals surface area contributed by atoms with Crippen LogP contribution in [0.5, 0.6) is 0 Å². The molecule has 0 atom stereocenters. The first-order chi connectivity index (χ1) is 9.65. The number of nitrogens with two attached hydrogens (primary N) is 1. The highest BCUT2D eigenvalue weighted by Gasteiger charge is 2.26. The van der Waals surface area contributed by atoms with E-state index in [4.69, 9.17) is 5.73 Å². The fraction of sp³-hybridized carbons (Fsp3) is 0.588. The third kappa shape index (κ3) is 3.40. The van der Waals surface area contributed by atoms with Gasteiger partial charge in [-0.1, -0.05) is 25.5 Å². The number of amides is 1. The Labute approximate surface area is 122 Å². The van der Waals surface area contributed by atoms with Crippen LogP contribution in [0.15, 0.2) is 24.3 Å². The third-order valence-electron chi connectivity index (χ3n) is 4.67. The average molecular weight is 274 g/mol. The van der Waals surface area contributed by atoms with Crippen LogP contribution in [0.1, 0.15) is 54.9 Å². The van der Waals surface area contributed by atoms with Crippen LogP contribution in [-0.4, -0.2) is 23.9 Å². The van der Waals surface area contributed by atoms with Gasteiger partial charge in [0.1, 0.15) is 0 Å². The zero-order valence-corrected chi connectivity index (χ0v) is 12.6. The largest absolute Gasteiger partial charge is 0.339 e. The Morgan fingerprint density at radius 2 is 2.00 bits per heavy atom. The standard InChI is InChI=1S/C17H26N2O/c1-3-13-7-9-16(10-8-13)19(2)17(20)15-6-4-5-14(11-15)12-18/h4-6,11,13,16H,3,7-10,12,18H2,1-2H3. The Morgan fingerprint density at radius 3 is 2.60 bits per heavy atom. The second kappa shape index (κ2) is 6.89. The summed E-state index contributed by atoms with van der Waals surface area (Å²) in [6.07, 6.45) is 6.04. The summed E-state index contributed by atoms with van der Waals surface area (Å²) in [4.78, 5) is 14.5. The van der Waals surface area contributed by atoms with E-state index in [2.05, 4.69) is 6.92 Å². The van der Waals surface area contributed by atoms with Crippen LogP contribution < -0.4 is 5.73 Å². The first-order valence-electron chi connectivity index (χ1n) is 7.71. The molecule has 1 amide bonds. The van der Waals surface area contributed by atoms with Crippen LogP contribution in [0.2, 0.25) is 0 Å². The monoisotopic (exact) mass is 274 g/mol. The molecule has 1 aliphatic carbocycles. The lowest BCUT2D eigenvalue weighted by atomic mass is 9.84. The molecule has 1 aliphatic rings. The molecule has 0 spiro atoms. The van der Waals surface area contributed by atoms with E-state index in [9.17, 15) is 4.79 Å². The number of rotatable bonds is 4. The number of carbonyl (C=O) groups is 1. The van der Waals surface area contributed by atoms with E-state index in [1.165, 1.54) is 19.3 Å². The van der Waals surface area contributed by atoms with E-state index < -0.39 is 0 Å². The summed E-state index contributed by atoms with van der Waals surface area (Å²) in [6, 6.07) is 8.07. The lowest BCUT2D eigenvalue weighted by molar-refractivity contribution is 0.0674. The smallest absolute Gasteiger partial charge is 0.253 e. The molecule has 1 aromatic rings. The van der Waals surface area contributed by atoms with E-state index in [0.717, 1.165) is 29.9 Å². The van der Waals surface area contributed by atoms with Crippen LogP contribution in [0, 0.1) is 5.92 Å². The Balaban J connectivity index is 2.01. The molecule has 0 saturated heterocycles. The molecule has 3 heteroatoms. The molecular formula is C17H26N2O. The van der Waals surface area contributed by atoms with Gasteiger partial charge in [0.2, 0.25) is 0 Å². The molecule has 0 aliphatic heterocycles. The molecular weight excluding hydrogens is 248 g/mol. The molecule has 0 bridgehead atoms. The van der Waals surface area contributed by atoms with Gasteiger partial charge in [-0.15, -0.1) is 0 Å². The van der Waals surface area contributed by atoms with Crippen molar-refractivity contribution in [1.29, 1.82) is 0 Å². The highest BCUT2D eigenvalue weighted by molar-refractivity contribution is 5.94. The Bertz CT molecular complexity index is 450. The van der Waals surface area contributed by atoms with Crippen LogP contribution in [0.25, 0.3) is 0 Å². The summed E-state index contributed by atoms with van der Waals surface area (Å²) >= 11 is 0. The van der Waals surface area contributed by atoms with Crippen molar-refractivity contribution in [3.8, 4) is 0 Å². The lowest BCUT2D eigenvalue weighted by Crippen LogP contribution is -2.39. The number of hydrogen-bond acceptors (Lipinski definition) is 2. The van der Waals surface area contributed by atoms with Crippen molar-refractivity contribution in [2.75, 3.05) is 7.05 Å². The second-order valence-electron chi connectivity index (χ2n) is 5.90. The summed E-state index contributed by atoms with van der Waals surface area (Å²) in [7, 11) is 1.94. The zero-order chi connectivity index (χ0) is 14.5. The van der Waals surface area contributed by atoms with Gasteiger partial charge in [0.25, 0.3) is 5.91 Å². The Morgan fingerprint density at radius 1 is 1.30 bits per heavy atom. The first kappa shape index (κ1) is 15.0. The molecule has 2 rings (SSSR count). The van der Waals surface area contributed by atoms with Crippen LogP contribution >= 0.6 is 0 Å². The summed E-state index contributed by atoms with van der Waals surface area (Å²) in [5, 5.41) is 0. The fourth-order valence-corrected chi connectivity index (χ4v) is 3.14. The number of benzene rings is 1. The van der Waals surface area contributed by atoms with E-state index in [0.29, 0.717) is 12.6 Å². The highest BCUT2D eigenvalue weighted by atomic mass is 16.2. The van der Waals surface area contributed by atoms with Crippen LogP contribution in [0.3, 0.4) is 0 Å². The van der Waals surface area contributed by atoms with Crippen molar-refractivity contribution in [3.63, 3.8) is 0 Å². The summed E-state index contributed by atoms with van der Waals surface area (Å²) in [5.74, 6) is 0.982. The minimum atomic E-state index is 0.125. The maximum absolute atomic E-state index is 12.5. The zero-order valence-electron chi connectivity index (χ0n) is 12.6. The second-order valence-corrected chi connectivity index (χ2v) is 5.90. The van der Waals surface area contributed by atoms with E-state index in [-0.39, 0.29) is 5.91 Å². The number of carbonyl (C=O) groups excluding carboxylic acids is 1. The molecule has 20 heavy (non-hydrogen) atoms. The van der Waals surface area contributed by atoms with E-state index in [1.54, 1.807) is 0 Å². The lowest BCUT2D eigenvalue weighted by Gasteiger charge is -2.34. The molecule has 0 heterocycles.